The highest BCUT2D eigenvalue weighted by atomic mass is 79.9. The molecule has 0 radical (unpaired) electrons. The van der Waals surface area contributed by atoms with Gasteiger partial charge in [0.15, 0.2) is 5.78 Å². The third-order valence-electron chi connectivity index (χ3n) is 2.72. The number of hydrogen-bond acceptors (Lipinski definition) is 2. The molecule has 2 aromatic carbocycles. The molecule has 1 unspecified atom stereocenters. The van der Waals surface area contributed by atoms with Crippen molar-refractivity contribution in [1.82, 2.24) is 0 Å². The first kappa shape index (κ1) is 13.8. The monoisotopic (exact) mass is 333 g/mol. The van der Waals surface area contributed by atoms with Crippen LogP contribution in [0.5, 0.6) is 0 Å². The van der Waals surface area contributed by atoms with E-state index in [1.165, 1.54) is 0 Å². The van der Waals surface area contributed by atoms with E-state index in [2.05, 4.69) is 15.9 Å². The first-order chi connectivity index (χ1) is 9.13. The average molecular weight is 335 g/mol. The molecule has 2 rings (SSSR count). The van der Waals surface area contributed by atoms with E-state index < -0.39 is 5.92 Å². The first-order valence-electron chi connectivity index (χ1n) is 5.57. The van der Waals surface area contributed by atoms with Gasteiger partial charge >= 0.3 is 0 Å². The van der Waals surface area contributed by atoms with Crippen molar-refractivity contribution in [3.8, 4) is 6.07 Å². The van der Waals surface area contributed by atoms with E-state index >= 15 is 0 Å². The molecule has 0 saturated carbocycles. The van der Waals surface area contributed by atoms with Gasteiger partial charge in [0.25, 0.3) is 0 Å². The molecule has 0 amide bonds. The molecule has 0 fully saturated rings. The number of Topliss-reactive ketones (excluding diaryl/α,β-unsaturated/α-hetero) is 1. The van der Waals surface area contributed by atoms with Crippen LogP contribution in [0.1, 0.15) is 21.8 Å². The summed E-state index contributed by atoms with van der Waals surface area (Å²) in [4.78, 5) is 12.4. The Morgan fingerprint density at radius 3 is 2.58 bits per heavy atom. The predicted octanol–water partition coefficient (Wildman–Crippen LogP) is 4.59. The Bertz CT molecular complexity index is 663. The lowest BCUT2D eigenvalue weighted by atomic mass is 9.92. The van der Waals surface area contributed by atoms with Gasteiger partial charge in [-0.05, 0) is 23.8 Å². The highest BCUT2D eigenvalue weighted by molar-refractivity contribution is 9.10. The molecule has 0 aliphatic rings. The largest absolute Gasteiger partial charge is 0.292 e. The van der Waals surface area contributed by atoms with Gasteiger partial charge in [-0.25, -0.2) is 0 Å². The van der Waals surface area contributed by atoms with Crippen LogP contribution < -0.4 is 0 Å². The number of nitriles is 1. The van der Waals surface area contributed by atoms with Crippen molar-refractivity contribution in [2.24, 2.45) is 0 Å². The first-order valence-corrected chi connectivity index (χ1v) is 6.74. The molecule has 4 heteroatoms. The third-order valence-corrected chi connectivity index (χ3v) is 3.55. The number of ketones is 1. The minimum absolute atomic E-state index is 0.253. The van der Waals surface area contributed by atoms with Crippen molar-refractivity contribution >= 4 is 33.3 Å². The van der Waals surface area contributed by atoms with Gasteiger partial charge < -0.3 is 0 Å². The van der Waals surface area contributed by atoms with Gasteiger partial charge in [0.2, 0.25) is 0 Å². The molecule has 0 bridgehead atoms. The van der Waals surface area contributed by atoms with Crippen molar-refractivity contribution in [3.63, 3.8) is 0 Å². The van der Waals surface area contributed by atoms with Crippen LogP contribution in [0.2, 0.25) is 5.02 Å². The minimum Gasteiger partial charge on any atom is -0.292 e. The maximum absolute atomic E-state index is 12.4. The number of carbonyl (C=O) groups is 1. The van der Waals surface area contributed by atoms with E-state index in [9.17, 15) is 10.1 Å². The molecule has 2 aromatic rings. The second-order valence-corrected chi connectivity index (χ2v) is 5.28. The molecule has 94 valence electrons. The molecule has 1 atom stereocenters. The Morgan fingerprint density at radius 1 is 1.21 bits per heavy atom. The Kier molecular flexibility index (Phi) is 4.36. The van der Waals surface area contributed by atoms with Crippen molar-refractivity contribution in [1.29, 1.82) is 5.26 Å². The van der Waals surface area contributed by atoms with Gasteiger partial charge in [-0.15, -0.1) is 0 Å². The Hall–Kier alpha value is -1.63. The summed E-state index contributed by atoms with van der Waals surface area (Å²) in [6.45, 7) is 0. The Morgan fingerprint density at radius 2 is 1.95 bits per heavy atom. The van der Waals surface area contributed by atoms with Gasteiger partial charge in [-0.2, -0.15) is 5.26 Å². The van der Waals surface area contributed by atoms with Crippen LogP contribution in [-0.2, 0) is 0 Å². The van der Waals surface area contributed by atoms with Gasteiger partial charge in [-0.3, -0.25) is 4.79 Å². The van der Waals surface area contributed by atoms with Crippen LogP contribution in [0.25, 0.3) is 0 Å². The summed E-state index contributed by atoms with van der Waals surface area (Å²) < 4.78 is 0.800. The van der Waals surface area contributed by atoms with Crippen LogP contribution in [0, 0.1) is 11.3 Å². The number of benzene rings is 2. The van der Waals surface area contributed by atoms with Crippen molar-refractivity contribution < 1.29 is 4.79 Å². The second-order valence-electron chi connectivity index (χ2n) is 3.96. The van der Waals surface area contributed by atoms with E-state index in [4.69, 9.17) is 11.6 Å². The topological polar surface area (TPSA) is 40.9 Å². The normalized spacial score (nSPS) is 11.6. The maximum Gasteiger partial charge on any atom is 0.184 e. The molecular weight excluding hydrogens is 326 g/mol. The van der Waals surface area contributed by atoms with E-state index in [0.29, 0.717) is 16.1 Å². The summed E-state index contributed by atoms with van der Waals surface area (Å²) in [6.07, 6.45) is 0. The summed E-state index contributed by atoms with van der Waals surface area (Å²) in [7, 11) is 0. The van der Waals surface area contributed by atoms with Gasteiger partial charge in [0.1, 0.15) is 5.92 Å². The van der Waals surface area contributed by atoms with Crippen molar-refractivity contribution in [2.45, 2.75) is 5.92 Å². The smallest absolute Gasteiger partial charge is 0.184 e. The fourth-order valence-electron chi connectivity index (χ4n) is 1.79. The van der Waals surface area contributed by atoms with E-state index in [0.717, 1.165) is 4.47 Å². The zero-order valence-electron chi connectivity index (χ0n) is 9.81. The van der Waals surface area contributed by atoms with Crippen molar-refractivity contribution in [3.05, 3.63) is 69.2 Å². The quantitative estimate of drug-likeness (QED) is 0.770. The number of nitrogens with zero attached hydrogens (tertiary/aromatic N) is 1. The number of hydrogen-bond donors (Lipinski definition) is 0. The summed E-state index contributed by atoms with van der Waals surface area (Å²) in [6, 6.07) is 15.9. The Labute approximate surface area is 124 Å². The highest BCUT2D eigenvalue weighted by Crippen LogP contribution is 2.27. The van der Waals surface area contributed by atoms with Gasteiger partial charge in [-0.1, -0.05) is 57.9 Å². The van der Waals surface area contributed by atoms with E-state index in [1.54, 1.807) is 42.5 Å². The fourth-order valence-corrected chi connectivity index (χ4v) is 2.43. The molecule has 0 aliphatic heterocycles. The van der Waals surface area contributed by atoms with Crippen LogP contribution in [0.4, 0.5) is 0 Å². The molecule has 0 spiro atoms. The molecular formula is C15H9BrClNO. The zero-order chi connectivity index (χ0) is 13.8. The predicted molar refractivity (Wildman–Crippen MR) is 78.3 cm³/mol. The zero-order valence-corrected chi connectivity index (χ0v) is 12.1. The molecule has 19 heavy (non-hydrogen) atoms. The third kappa shape index (κ3) is 3.04. The molecule has 0 saturated heterocycles. The fraction of sp³-hybridized carbons (Fsp3) is 0.0667. The Balaban J connectivity index is 2.42. The maximum atomic E-state index is 12.4. The van der Waals surface area contributed by atoms with Crippen LogP contribution >= 0.6 is 27.5 Å². The lowest BCUT2D eigenvalue weighted by Gasteiger charge is -2.10. The molecule has 0 aromatic heterocycles. The number of halogens is 2. The molecule has 0 N–H and O–H groups in total. The molecule has 2 nitrogen and oxygen atoms in total. The highest BCUT2D eigenvalue weighted by Gasteiger charge is 2.23. The summed E-state index contributed by atoms with van der Waals surface area (Å²) in [5.41, 5.74) is 1.03. The molecule has 0 aliphatic carbocycles. The van der Waals surface area contributed by atoms with Crippen LogP contribution in [-0.4, -0.2) is 5.78 Å². The van der Waals surface area contributed by atoms with E-state index in [-0.39, 0.29) is 5.78 Å². The average Bonchev–Trinajstić information content (AvgIpc) is 2.41. The summed E-state index contributed by atoms with van der Waals surface area (Å²) >= 11 is 9.36. The minimum atomic E-state index is -0.886. The van der Waals surface area contributed by atoms with Gasteiger partial charge in [0.05, 0.1) is 6.07 Å². The summed E-state index contributed by atoms with van der Waals surface area (Å²) in [5.74, 6) is -1.14. The SMILES string of the molecule is N#CC(C(=O)c1cccc(Br)c1)c1ccccc1Cl. The molecule has 0 heterocycles. The lowest BCUT2D eigenvalue weighted by molar-refractivity contribution is 0.0979. The van der Waals surface area contributed by atoms with E-state index in [1.807, 2.05) is 12.1 Å². The van der Waals surface area contributed by atoms with Crippen LogP contribution in [0.15, 0.2) is 53.0 Å². The van der Waals surface area contributed by atoms with Gasteiger partial charge in [0, 0.05) is 15.1 Å². The standard InChI is InChI=1S/C15H9BrClNO/c16-11-5-3-4-10(8-11)15(19)13(9-18)12-6-1-2-7-14(12)17/h1-8,13H. The lowest BCUT2D eigenvalue weighted by Crippen LogP contribution is -2.11. The van der Waals surface area contributed by atoms with Crippen molar-refractivity contribution in [2.75, 3.05) is 0 Å². The number of carbonyl (C=O) groups excluding carboxylic acids is 1. The summed E-state index contributed by atoms with van der Waals surface area (Å²) in [5, 5.41) is 9.69. The van der Waals surface area contributed by atoms with Crippen LogP contribution in [0.3, 0.4) is 0 Å². The second kappa shape index (κ2) is 6.01. The number of rotatable bonds is 3.